The molecule has 0 saturated heterocycles. The van der Waals surface area contributed by atoms with Crippen molar-refractivity contribution in [1.29, 1.82) is 0 Å². The summed E-state index contributed by atoms with van der Waals surface area (Å²) in [6.45, 7) is 4.56. The van der Waals surface area contributed by atoms with Crippen LogP contribution in [0, 0.1) is 0 Å². The number of unbranched alkanes of at least 4 members (excludes halogenated alkanes) is 9. The number of hydrogen-bond acceptors (Lipinski definition) is 1. The summed E-state index contributed by atoms with van der Waals surface area (Å²) < 4.78 is 0. The molecule has 1 aromatic rings. The normalized spacial score (nSPS) is 9.76. The molecule has 2 heteroatoms. The Bertz CT molecular complexity index is 167. The van der Waals surface area contributed by atoms with E-state index in [4.69, 9.17) is 0 Å². The van der Waals surface area contributed by atoms with Crippen molar-refractivity contribution in [3.8, 4) is 0 Å². The number of rotatable bonds is 9. The van der Waals surface area contributed by atoms with Crippen LogP contribution in [0.5, 0.6) is 0 Å². The third-order valence-corrected chi connectivity index (χ3v) is 2.86. The minimum Gasteiger partial charge on any atom is -0.351 e. The molecule has 100 valence electrons. The van der Waals surface area contributed by atoms with Gasteiger partial charge in [0.2, 0.25) is 0 Å². The van der Waals surface area contributed by atoms with E-state index in [1.54, 1.807) is 18.7 Å². The first kappa shape index (κ1) is 16.2. The van der Waals surface area contributed by atoms with Crippen LogP contribution in [-0.2, 0) is 0 Å². The zero-order chi connectivity index (χ0) is 12.6. The second kappa shape index (κ2) is 15.2. The molecule has 0 spiro atoms. The zero-order valence-corrected chi connectivity index (χ0v) is 11.8. The van der Waals surface area contributed by atoms with E-state index in [1.807, 2.05) is 0 Å². The molecule has 2 nitrogen and oxygen atoms in total. The number of hydrogen-bond donors (Lipinski definition) is 1. The monoisotopic (exact) mass is 238 g/mol. The summed E-state index contributed by atoms with van der Waals surface area (Å²) in [5.41, 5.74) is 0. The minimum atomic E-state index is 1.37. The van der Waals surface area contributed by atoms with Gasteiger partial charge in [-0.25, -0.2) is 4.98 Å². The molecular formula is C15H30N2. The maximum atomic E-state index is 3.67. The van der Waals surface area contributed by atoms with Gasteiger partial charge < -0.3 is 4.98 Å². The minimum absolute atomic E-state index is 1.37. The van der Waals surface area contributed by atoms with Crippen molar-refractivity contribution in [2.75, 3.05) is 0 Å². The summed E-state index contributed by atoms with van der Waals surface area (Å²) in [6.07, 6.45) is 19.5. The van der Waals surface area contributed by atoms with Crippen LogP contribution < -0.4 is 0 Å². The van der Waals surface area contributed by atoms with Crippen LogP contribution in [-0.4, -0.2) is 9.97 Å². The molecule has 1 heterocycles. The Labute approximate surface area is 107 Å². The molecule has 0 aromatic carbocycles. The Morgan fingerprint density at radius 2 is 1.24 bits per heavy atom. The highest BCUT2D eigenvalue weighted by Gasteiger charge is 1.90. The highest BCUT2D eigenvalue weighted by Crippen LogP contribution is 2.09. The van der Waals surface area contributed by atoms with E-state index in [2.05, 4.69) is 23.8 Å². The average Bonchev–Trinajstić information content (AvgIpc) is 2.92. The number of H-pyrrole nitrogens is 1. The maximum Gasteiger partial charge on any atom is 0.0919 e. The van der Waals surface area contributed by atoms with Gasteiger partial charge in [-0.1, -0.05) is 78.1 Å². The summed E-state index contributed by atoms with van der Waals surface area (Å²) in [5, 5.41) is 0. The van der Waals surface area contributed by atoms with Gasteiger partial charge in [-0.15, -0.1) is 0 Å². The van der Waals surface area contributed by atoms with Gasteiger partial charge in [-0.2, -0.15) is 0 Å². The topological polar surface area (TPSA) is 28.7 Å². The van der Waals surface area contributed by atoms with Gasteiger partial charge in [-0.05, 0) is 0 Å². The number of nitrogens with zero attached hydrogens (tertiary/aromatic N) is 1. The van der Waals surface area contributed by atoms with Crippen LogP contribution >= 0.6 is 0 Å². The van der Waals surface area contributed by atoms with Gasteiger partial charge in [0.1, 0.15) is 0 Å². The van der Waals surface area contributed by atoms with E-state index in [1.165, 1.54) is 64.2 Å². The predicted octanol–water partition coefficient (Wildman–Crippen LogP) is 5.34. The molecule has 0 saturated carbocycles. The lowest BCUT2D eigenvalue weighted by Crippen LogP contribution is -1.80. The van der Waals surface area contributed by atoms with Crippen LogP contribution in [0.25, 0.3) is 0 Å². The lowest BCUT2D eigenvalue weighted by Gasteiger charge is -1.99. The Kier molecular flexibility index (Phi) is 14.5. The van der Waals surface area contributed by atoms with Crippen LogP contribution in [0.1, 0.15) is 78.1 Å². The van der Waals surface area contributed by atoms with Crippen molar-refractivity contribution in [3.05, 3.63) is 18.7 Å². The second-order valence-electron chi connectivity index (χ2n) is 4.59. The van der Waals surface area contributed by atoms with Crippen molar-refractivity contribution >= 4 is 0 Å². The van der Waals surface area contributed by atoms with Crippen molar-refractivity contribution in [2.45, 2.75) is 78.1 Å². The lowest BCUT2D eigenvalue weighted by atomic mass is 10.1. The van der Waals surface area contributed by atoms with Gasteiger partial charge >= 0.3 is 0 Å². The quantitative estimate of drug-likeness (QED) is 0.578. The molecular weight excluding hydrogens is 208 g/mol. The van der Waals surface area contributed by atoms with Crippen LogP contribution in [0.3, 0.4) is 0 Å². The average molecular weight is 238 g/mol. The maximum absolute atomic E-state index is 3.67. The van der Waals surface area contributed by atoms with Crippen LogP contribution in [0.4, 0.5) is 0 Å². The Morgan fingerprint density at radius 3 is 1.47 bits per heavy atom. The molecule has 1 aromatic heterocycles. The van der Waals surface area contributed by atoms with Crippen molar-refractivity contribution in [1.82, 2.24) is 9.97 Å². The van der Waals surface area contributed by atoms with Crippen molar-refractivity contribution < 1.29 is 0 Å². The Balaban J connectivity index is 0.000000419. The molecule has 0 bridgehead atoms. The largest absolute Gasteiger partial charge is 0.351 e. The molecule has 17 heavy (non-hydrogen) atoms. The van der Waals surface area contributed by atoms with Gasteiger partial charge in [0.15, 0.2) is 0 Å². The molecule has 0 aliphatic carbocycles. The van der Waals surface area contributed by atoms with E-state index in [0.717, 1.165) is 0 Å². The number of imidazole rings is 1. The first-order chi connectivity index (χ1) is 8.41. The molecule has 0 atom stereocenters. The molecule has 0 radical (unpaired) electrons. The smallest absolute Gasteiger partial charge is 0.0919 e. The van der Waals surface area contributed by atoms with Crippen LogP contribution in [0.15, 0.2) is 18.7 Å². The predicted molar refractivity (Wildman–Crippen MR) is 76.1 cm³/mol. The molecule has 0 amide bonds. The summed E-state index contributed by atoms with van der Waals surface area (Å²) in [4.78, 5) is 6.42. The highest BCUT2D eigenvalue weighted by atomic mass is 14.8. The fraction of sp³-hybridized carbons (Fsp3) is 0.800. The van der Waals surface area contributed by atoms with E-state index in [9.17, 15) is 0 Å². The molecule has 0 fully saturated rings. The summed E-state index contributed by atoms with van der Waals surface area (Å²) in [7, 11) is 0. The van der Waals surface area contributed by atoms with Crippen molar-refractivity contribution in [2.24, 2.45) is 0 Å². The number of aromatic amines is 1. The molecule has 0 unspecified atom stereocenters. The zero-order valence-electron chi connectivity index (χ0n) is 11.8. The van der Waals surface area contributed by atoms with Gasteiger partial charge in [-0.3, -0.25) is 0 Å². The van der Waals surface area contributed by atoms with E-state index >= 15 is 0 Å². The highest BCUT2D eigenvalue weighted by molar-refractivity contribution is 4.64. The Morgan fingerprint density at radius 1 is 0.765 bits per heavy atom. The van der Waals surface area contributed by atoms with E-state index in [-0.39, 0.29) is 0 Å². The van der Waals surface area contributed by atoms with Crippen molar-refractivity contribution in [3.63, 3.8) is 0 Å². The fourth-order valence-electron chi connectivity index (χ4n) is 1.78. The molecule has 1 rings (SSSR count). The standard InChI is InChI=1S/C12H26.C3H4N2/c1-3-5-7-9-11-12-10-8-6-4-2;1-2-5-3-4-1/h3-12H2,1-2H3;1-3H,(H,4,5). The SMILES string of the molecule is CCCCCCCCCCCC.c1c[nH]cn1. The summed E-state index contributed by atoms with van der Waals surface area (Å²) in [5.74, 6) is 0. The van der Waals surface area contributed by atoms with Gasteiger partial charge in [0.05, 0.1) is 6.33 Å². The molecule has 0 aliphatic heterocycles. The molecule has 1 N–H and O–H groups in total. The van der Waals surface area contributed by atoms with Crippen LogP contribution in [0.2, 0.25) is 0 Å². The lowest BCUT2D eigenvalue weighted by molar-refractivity contribution is 0.562. The summed E-state index contributed by atoms with van der Waals surface area (Å²) in [6, 6.07) is 0. The molecule has 0 aliphatic rings. The number of aromatic nitrogens is 2. The first-order valence-electron chi connectivity index (χ1n) is 7.34. The van der Waals surface area contributed by atoms with Gasteiger partial charge in [0, 0.05) is 12.4 Å². The summed E-state index contributed by atoms with van der Waals surface area (Å²) >= 11 is 0. The first-order valence-corrected chi connectivity index (χ1v) is 7.34. The van der Waals surface area contributed by atoms with Gasteiger partial charge in [0.25, 0.3) is 0 Å². The Hall–Kier alpha value is -0.790. The second-order valence-corrected chi connectivity index (χ2v) is 4.59. The fourth-order valence-corrected chi connectivity index (χ4v) is 1.78. The van der Waals surface area contributed by atoms with E-state index in [0.29, 0.717) is 0 Å². The number of nitrogens with one attached hydrogen (secondary N) is 1. The third-order valence-electron chi connectivity index (χ3n) is 2.86. The third kappa shape index (κ3) is 15.2. The van der Waals surface area contributed by atoms with E-state index < -0.39 is 0 Å².